The van der Waals surface area contributed by atoms with E-state index < -0.39 is 8.25 Å². The largest absolute Gasteiger partial charge is 0.692 e. The van der Waals surface area contributed by atoms with E-state index in [4.69, 9.17) is 14.4 Å². The van der Waals surface area contributed by atoms with Crippen molar-refractivity contribution in [3.8, 4) is 0 Å². The van der Waals surface area contributed by atoms with Gasteiger partial charge in [0.15, 0.2) is 0 Å². The van der Waals surface area contributed by atoms with Crippen LogP contribution in [0.25, 0.3) is 0 Å². The minimum Gasteiger partial charge on any atom is -0.134 e. The summed E-state index contributed by atoms with van der Waals surface area (Å²) in [4.78, 5) is 14.2. The van der Waals surface area contributed by atoms with Crippen LogP contribution in [0.1, 0.15) is 0 Å². The molecule has 0 bridgehead atoms. The van der Waals surface area contributed by atoms with Gasteiger partial charge in [-0.05, 0) is 0 Å². The van der Waals surface area contributed by atoms with E-state index in [-0.39, 0.29) is 58.2 Å². The third-order valence-corrected chi connectivity index (χ3v) is 0. The van der Waals surface area contributed by atoms with E-state index >= 15 is 0 Å². The maximum absolute atomic E-state index is 8.70. The van der Waals surface area contributed by atoms with Crippen LogP contribution in [0.2, 0.25) is 0 Å². The maximum atomic E-state index is 8.70. The summed E-state index contributed by atoms with van der Waals surface area (Å²) in [6.45, 7) is 0. The van der Waals surface area contributed by atoms with Crippen LogP contribution in [-0.2, 0) is 4.57 Å². The van der Waals surface area contributed by atoms with Crippen LogP contribution in [-0.4, -0.2) is 68.0 Å². The van der Waals surface area contributed by atoms with Gasteiger partial charge in [-0.3, -0.25) is 0 Å². The summed E-state index contributed by atoms with van der Waals surface area (Å²) in [5.41, 5.74) is 0. The summed E-state index contributed by atoms with van der Waals surface area (Å²) in [7, 11) is -2.87. The topological polar surface area (TPSA) is 57.5 Å². The van der Waals surface area contributed by atoms with Crippen LogP contribution >= 0.6 is 8.25 Å². The van der Waals surface area contributed by atoms with Crippen LogP contribution in [0, 0.1) is 0 Å². The van der Waals surface area contributed by atoms with Gasteiger partial charge in [0.25, 0.3) is 0 Å². The molecule has 0 saturated carbocycles. The van der Waals surface area contributed by atoms with E-state index in [9.17, 15) is 0 Å². The number of hydrogen-bond acceptors (Lipinski definition) is 1. The first kappa shape index (κ1) is 9.95. The second-order valence-electron chi connectivity index (χ2n) is 0.253. The Balaban J connectivity index is 0. The maximum Gasteiger partial charge on any atom is 0.692 e. The predicted octanol–water partition coefficient (Wildman–Crippen LogP) is -0.752. The van der Waals surface area contributed by atoms with Crippen molar-refractivity contribution in [1.82, 2.24) is 0 Å². The summed E-state index contributed by atoms with van der Waals surface area (Å²) in [5, 5.41) is 0. The average Bonchev–Trinajstić information content (AvgIpc) is 0.811. The molecule has 0 unspecified atom stereocenters. The van der Waals surface area contributed by atoms with Crippen molar-refractivity contribution in [2.75, 3.05) is 0 Å². The van der Waals surface area contributed by atoms with Gasteiger partial charge in [-0.2, -0.15) is 0 Å². The number of hydrogen-bond donors (Lipinski definition) is 2. The van der Waals surface area contributed by atoms with Crippen molar-refractivity contribution >= 4 is 66.4 Å². The zero-order chi connectivity index (χ0) is 3.58. The second kappa shape index (κ2) is 5.83. The van der Waals surface area contributed by atoms with Crippen LogP contribution in [0.5, 0.6) is 0 Å². The molecule has 0 aromatic heterocycles. The molecule has 2 N–H and O–H groups in total. The molecule has 1 radical (unpaired) electrons. The SMILES string of the molecule is O=[P+](O)O.[Rb]. The third kappa shape index (κ3) is 25.6. The Morgan fingerprint density at radius 2 is 1.40 bits per heavy atom. The molecule has 0 aromatic carbocycles. The molecule has 0 aromatic rings. The third-order valence-electron chi connectivity index (χ3n) is 0. The molecule has 0 rings (SSSR count). The molecule has 0 amide bonds. The van der Waals surface area contributed by atoms with Gasteiger partial charge in [0, 0.05) is 62.8 Å². The summed E-state index contributed by atoms with van der Waals surface area (Å²) in [5.74, 6) is 0. The van der Waals surface area contributed by atoms with E-state index in [2.05, 4.69) is 0 Å². The number of rotatable bonds is 0. The Bertz CT molecular complexity index is 29.9. The van der Waals surface area contributed by atoms with Gasteiger partial charge in [0.2, 0.25) is 0 Å². The summed E-state index contributed by atoms with van der Waals surface area (Å²) in [6, 6.07) is 0. The normalized spacial score (nSPS) is 5.20. The van der Waals surface area contributed by atoms with Crippen molar-refractivity contribution in [3.63, 3.8) is 0 Å². The Labute approximate surface area is 79.1 Å². The second-order valence-corrected chi connectivity index (χ2v) is 0.758. The van der Waals surface area contributed by atoms with Gasteiger partial charge in [0.1, 0.15) is 0 Å². The molecule has 0 aliphatic heterocycles. The summed E-state index contributed by atoms with van der Waals surface area (Å²) in [6.07, 6.45) is 0. The molecular weight excluding hydrogens is 164 g/mol. The summed E-state index contributed by atoms with van der Waals surface area (Å²) < 4.78 is 8.70. The van der Waals surface area contributed by atoms with Crippen molar-refractivity contribution in [2.45, 2.75) is 0 Å². The summed E-state index contributed by atoms with van der Waals surface area (Å²) >= 11 is 0. The minimum atomic E-state index is -2.87. The Hall–Kier alpha value is 1.83. The molecule has 0 atom stereocenters. The molecule has 0 heterocycles. The molecule has 0 aliphatic rings. The minimum absolute atomic E-state index is 0. The fourth-order valence-corrected chi connectivity index (χ4v) is 0. The van der Waals surface area contributed by atoms with Crippen LogP contribution in [0.4, 0.5) is 0 Å². The van der Waals surface area contributed by atoms with Gasteiger partial charge >= 0.3 is 8.25 Å². The standard InChI is InChI=1S/HO3P.Rb/c1-4(2)3;/h(H-,1,2,3);/p+1. The molecule has 0 spiro atoms. The molecule has 0 fully saturated rings. The monoisotopic (exact) mass is 166 g/mol. The van der Waals surface area contributed by atoms with Crippen molar-refractivity contribution in [1.29, 1.82) is 0 Å². The molecule has 3 nitrogen and oxygen atoms in total. The molecule has 0 saturated heterocycles. The average molecular weight is 166 g/mol. The van der Waals surface area contributed by atoms with Crippen molar-refractivity contribution < 1.29 is 14.4 Å². The fourth-order valence-electron chi connectivity index (χ4n) is 0. The first-order valence-corrected chi connectivity index (χ1v) is 1.75. The van der Waals surface area contributed by atoms with Crippen LogP contribution in [0.15, 0.2) is 0 Å². The molecule has 5 heteroatoms. The molecule has 0 aliphatic carbocycles. The van der Waals surface area contributed by atoms with E-state index in [0.717, 1.165) is 0 Å². The Kier molecular flexibility index (Phi) is 11.6. The van der Waals surface area contributed by atoms with Crippen molar-refractivity contribution in [3.05, 3.63) is 0 Å². The van der Waals surface area contributed by atoms with Crippen LogP contribution in [0.3, 0.4) is 0 Å². The molecule has 5 heavy (non-hydrogen) atoms. The smallest absolute Gasteiger partial charge is 0.134 e. The van der Waals surface area contributed by atoms with Gasteiger partial charge in [-0.15, -0.1) is 9.79 Å². The van der Waals surface area contributed by atoms with Crippen molar-refractivity contribution in [2.24, 2.45) is 0 Å². The quantitative estimate of drug-likeness (QED) is 0.466. The molecule has 25 valence electrons. The van der Waals surface area contributed by atoms with Gasteiger partial charge in [-0.1, -0.05) is 0 Å². The van der Waals surface area contributed by atoms with Gasteiger partial charge < -0.3 is 0 Å². The van der Waals surface area contributed by atoms with E-state index in [0.29, 0.717) is 0 Å². The van der Waals surface area contributed by atoms with Crippen LogP contribution < -0.4 is 0 Å². The van der Waals surface area contributed by atoms with Gasteiger partial charge in [0.05, 0.1) is 0 Å². The molecular formula is H2O3PRb+. The van der Waals surface area contributed by atoms with Gasteiger partial charge in [-0.25, -0.2) is 0 Å². The zero-order valence-corrected chi connectivity index (χ0v) is 8.56. The fraction of sp³-hybridized carbons (Fsp3) is 0. The Morgan fingerprint density at radius 1 is 1.40 bits per heavy atom. The van der Waals surface area contributed by atoms with E-state index in [1.165, 1.54) is 0 Å². The zero-order valence-electron chi connectivity index (χ0n) is 2.75. The first-order chi connectivity index (χ1) is 1.73. The first-order valence-electron chi connectivity index (χ1n) is 0.583. The van der Waals surface area contributed by atoms with E-state index in [1.54, 1.807) is 0 Å². The Morgan fingerprint density at radius 3 is 1.40 bits per heavy atom. The predicted molar refractivity (Wildman–Crippen MR) is 17.8 cm³/mol. The van der Waals surface area contributed by atoms with E-state index in [1.807, 2.05) is 0 Å².